The van der Waals surface area contributed by atoms with E-state index < -0.39 is 0 Å². The van der Waals surface area contributed by atoms with Crippen molar-refractivity contribution in [1.82, 2.24) is 19.7 Å². The summed E-state index contributed by atoms with van der Waals surface area (Å²) >= 11 is 0. The van der Waals surface area contributed by atoms with Crippen LogP contribution in [0, 0.1) is 11.8 Å². The van der Waals surface area contributed by atoms with Gasteiger partial charge in [0.25, 0.3) is 0 Å². The van der Waals surface area contributed by atoms with Gasteiger partial charge in [0.15, 0.2) is 12.1 Å². The second-order valence-corrected chi connectivity index (χ2v) is 8.23. The highest BCUT2D eigenvalue weighted by Gasteiger charge is 2.21. The first-order valence-corrected chi connectivity index (χ1v) is 11.5. The van der Waals surface area contributed by atoms with Crippen molar-refractivity contribution in [2.75, 3.05) is 6.61 Å². The van der Waals surface area contributed by atoms with Gasteiger partial charge in [0.2, 0.25) is 0 Å². The first-order chi connectivity index (χ1) is 16.7. The van der Waals surface area contributed by atoms with Crippen LogP contribution in [0.15, 0.2) is 71.8 Å². The van der Waals surface area contributed by atoms with E-state index in [0.29, 0.717) is 12.3 Å². The number of nitrogens with zero attached hydrogens (tertiary/aromatic N) is 4. The lowest BCUT2D eigenvalue weighted by molar-refractivity contribution is -0.188. The molecule has 2 atom stereocenters. The monoisotopic (exact) mass is 454 g/mol. The number of pyridine rings is 1. The molecule has 0 aliphatic carbocycles. The summed E-state index contributed by atoms with van der Waals surface area (Å²) in [5.74, 6) is 7.86. The number of ether oxygens (including phenoxy) is 2. The van der Waals surface area contributed by atoms with Gasteiger partial charge in [0.1, 0.15) is 17.6 Å². The molecule has 172 valence electrons. The van der Waals surface area contributed by atoms with Crippen LogP contribution in [0.5, 0.6) is 0 Å². The van der Waals surface area contributed by atoms with E-state index >= 15 is 0 Å². The van der Waals surface area contributed by atoms with Crippen LogP contribution in [0.4, 0.5) is 0 Å². The third-order valence-electron chi connectivity index (χ3n) is 5.70. The topological polar surface area (TPSA) is 75.2 Å². The van der Waals surface area contributed by atoms with Crippen molar-refractivity contribution in [2.24, 2.45) is 0 Å². The third kappa shape index (κ3) is 5.42. The average Bonchev–Trinajstić information content (AvgIpc) is 3.55. The number of rotatable bonds is 6. The van der Waals surface area contributed by atoms with Crippen LogP contribution < -0.4 is 0 Å². The van der Waals surface area contributed by atoms with Gasteiger partial charge >= 0.3 is 0 Å². The predicted molar refractivity (Wildman–Crippen MR) is 127 cm³/mol. The number of hydrogen-bond acceptors (Lipinski definition) is 6. The van der Waals surface area contributed by atoms with Crippen LogP contribution in [-0.2, 0) is 16.0 Å². The lowest BCUT2D eigenvalue weighted by atomic mass is 10.1. The highest BCUT2D eigenvalue weighted by molar-refractivity contribution is 5.59. The summed E-state index contributed by atoms with van der Waals surface area (Å²) in [6, 6.07) is 13.7. The zero-order chi connectivity index (χ0) is 23.2. The summed E-state index contributed by atoms with van der Waals surface area (Å²) < 4.78 is 19.4. The van der Waals surface area contributed by atoms with E-state index in [-0.39, 0.29) is 12.4 Å². The minimum Gasteiger partial charge on any atom is -0.356 e. The summed E-state index contributed by atoms with van der Waals surface area (Å²) in [4.78, 5) is 8.51. The summed E-state index contributed by atoms with van der Waals surface area (Å²) in [7, 11) is 0. The van der Waals surface area contributed by atoms with Crippen LogP contribution >= 0.6 is 0 Å². The largest absolute Gasteiger partial charge is 0.356 e. The zero-order valence-electron chi connectivity index (χ0n) is 19.1. The van der Waals surface area contributed by atoms with Crippen LogP contribution in [0.1, 0.15) is 54.9 Å². The quantitative estimate of drug-likeness (QED) is 0.382. The van der Waals surface area contributed by atoms with E-state index in [9.17, 15) is 0 Å². The van der Waals surface area contributed by atoms with E-state index in [0.717, 1.165) is 54.1 Å². The van der Waals surface area contributed by atoms with Crippen molar-refractivity contribution in [3.8, 4) is 23.2 Å². The number of aromatic nitrogens is 4. The number of imidazole rings is 1. The predicted octanol–water partition coefficient (Wildman–Crippen LogP) is 4.99. The van der Waals surface area contributed by atoms with Crippen molar-refractivity contribution in [3.63, 3.8) is 0 Å². The molecule has 1 aromatic carbocycles. The molecule has 1 unspecified atom stereocenters. The molecule has 0 radical (unpaired) electrons. The molecule has 0 saturated carbocycles. The van der Waals surface area contributed by atoms with E-state index in [1.165, 1.54) is 0 Å². The van der Waals surface area contributed by atoms with Crippen LogP contribution in [-0.4, -0.2) is 32.6 Å². The Balaban J connectivity index is 1.24. The van der Waals surface area contributed by atoms with Gasteiger partial charge in [-0.2, -0.15) is 0 Å². The highest BCUT2D eigenvalue weighted by Crippen LogP contribution is 2.25. The molecular formula is C27H26N4O3. The molecule has 7 heteroatoms. The standard InChI is InChI=1S/C27H26N4O3/c1-20(33-26-4-2-3-17-32-26)27-29-15-16-31(27)19-24-18-25(34-30-24)23-9-7-21(8-10-23)5-6-22-11-13-28-14-12-22/h7-16,18,20,26H,2-4,17,19H2,1H3/t20-,26?/m0/s1. The summed E-state index contributed by atoms with van der Waals surface area (Å²) in [5, 5.41) is 4.26. The molecule has 4 aromatic rings. The Hall–Kier alpha value is -3.73. The maximum Gasteiger partial charge on any atom is 0.167 e. The second kappa shape index (κ2) is 10.5. The number of hydrogen-bond donors (Lipinski definition) is 0. The van der Waals surface area contributed by atoms with E-state index in [1.807, 2.05) is 60.2 Å². The molecule has 1 aliphatic heterocycles. The minimum atomic E-state index is -0.176. The molecule has 0 spiro atoms. The van der Waals surface area contributed by atoms with Crippen LogP contribution in [0.2, 0.25) is 0 Å². The summed E-state index contributed by atoms with van der Waals surface area (Å²) in [6.07, 6.45) is 10.00. The maximum absolute atomic E-state index is 6.08. The van der Waals surface area contributed by atoms with E-state index in [1.54, 1.807) is 18.6 Å². The molecule has 34 heavy (non-hydrogen) atoms. The minimum absolute atomic E-state index is 0.162. The van der Waals surface area contributed by atoms with Crippen molar-refractivity contribution >= 4 is 0 Å². The van der Waals surface area contributed by atoms with Crippen LogP contribution in [0.3, 0.4) is 0 Å². The average molecular weight is 455 g/mol. The molecule has 1 fully saturated rings. The van der Waals surface area contributed by atoms with Gasteiger partial charge in [-0.25, -0.2) is 4.98 Å². The van der Waals surface area contributed by atoms with Gasteiger partial charge in [-0.3, -0.25) is 4.98 Å². The zero-order valence-corrected chi connectivity index (χ0v) is 19.1. The van der Waals surface area contributed by atoms with Gasteiger partial charge in [0, 0.05) is 54.2 Å². The lowest BCUT2D eigenvalue weighted by Crippen LogP contribution is -2.24. The van der Waals surface area contributed by atoms with Crippen molar-refractivity contribution in [1.29, 1.82) is 0 Å². The fourth-order valence-corrected chi connectivity index (χ4v) is 3.91. The molecule has 0 amide bonds. The number of benzene rings is 1. The smallest absolute Gasteiger partial charge is 0.167 e. The van der Waals surface area contributed by atoms with Gasteiger partial charge in [-0.15, -0.1) is 0 Å². The Morgan fingerprint density at radius 1 is 1.06 bits per heavy atom. The van der Waals surface area contributed by atoms with Gasteiger partial charge in [0.05, 0.1) is 6.54 Å². The molecule has 4 heterocycles. The van der Waals surface area contributed by atoms with Crippen molar-refractivity contribution in [3.05, 3.63) is 89.9 Å². The molecule has 7 nitrogen and oxygen atoms in total. The van der Waals surface area contributed by atoms with Crippen LogP contribution in [0.25, 0.3) is 11.3 Å². The molecular weight excluding hydrogens is 428 g/mol. The Labute approximate surface area is 198 Å². The fraction of sp³-hybridized carbons (Fsp3) is 0.296. The Morgan fingerprint density at radius 3 is 2.62 bits per heavy atom. The SMILES string of the molecule is C[C@H](OC1CCCCO1)c1nccn1Cc1cc(-c2ccc(C#Cc3ccncc3)cc2)on1. The Morgan fingerprint density at radius 2 is 1.85 bits per heavy atom. The summed E-state index contributed by atoms with van der Waals surface area (Å²) in [5.41, 5.74) is 3.63. The first kappa shape index (κ1) is 22.1. The van der Waals surface area contributed by atoms with Crippen molar-refractivity contribution < 1.29 is 14.0 Å². The van der Waals surface area contributed by atoms with E-state index in [4.69, 9.17) is 14.0 Å². The third-order valence-corrected chi connectivity index (χ3v) is 5.70. The van der Waals surface area contributed by atoms with Gasteiger partial charge in [-0.05, 0) is 62.6 Å². The van der Waals surface area contributed by atoms with Gasteiger partial charge in [-0.1, -0.05) is 17.0 Å². The molecule has 3 aromatic heterocycles. The molecule has 0 bridgehead atoms. The summed E-state index contributed by atoms with van der Waals surface area (Å²) in [6.45, 7) is 3.31. The normalized spacial score (nSPS) is 16.6. The maximum atomic E-state index is 6.08. The van der Waals surface area contributed by atoms with Crippen molar-refractivity contribution in [2.45, 2.75) is 45.1 Å². The molecule has 1 saturated heterocycles. The highest BCUT2D eigenvalue weighted by atomic mass is 16.7. The first-order valence-electron chi connectivity index (χ1n) is 11.5. The second-order valence-electron chi connectivity index (χ2n) is 8.23. The fourth-order valence-electron chi connectivity index (χ4n) is 3.91. The molecule has 5 rings (SSSR count). The lowest BCUT2D eigenvalue weighted by Gasteiger charge is -2.26. The Kier molecular flexibility index (Phi) is 6.80. The molecule has 1 aliphatic rings. The van der Waals surface area contributed by atoms with E-state index in [2.05, 4.69) is 27.0 Å². The van der Waals surface area contributed by atoms with Gasteiger partial charge < -0.3 is 18.6 Å². The molecule has 0 N–H and O–H groups in total. The Bertz CT molecular complexity index is 1260.